The van der Waals surface area contributed by atoms with Crippen molar-refractivity contribution in [3.05, 3.63) is 18.2 Å². The van der Waals surface area contributed by atoms with Gasteiger partial charge in [-0.05, 0) is 34.6 Å². The monoisotopic (exact) mass is 254 g/mol. The average molecular weight is 254 g/mol. The molecule has 0 saturated heterocycles. The van der Waals surface area contributed by atoms with E-state index in [1.165, 1.54) is 0 Å². The predicted octanol–water partition coefficient (Wildman–Crippen LogP) is 1.99. The van der Waals surface area contributed by atoms with Crippen molar-refractivity contribution in [1.82, 2.24) is 20.4 Å². The lowest BCUT2D eigenvalue weighted by atomic mass is 10.2. The number of hydrogen-bond donors (Lipinski definition) is 2. The molecule has 6 nitrogen and oxygen atoms in total. The number of imidazole rings is 1. The normalized spacial score (nSPS) is 11.7. The molecule has 1 aromatic heterocycles. The van der Waals surface area contributed by atoms with Crippen molar-refractivity contribution < 1.29 is 9.53 Å². The standard InChI is InChI=1S/C12H22N4O2/c1-9(2)16-8-13-6-10(16)7-14-15-11(17)18-12(3,4)5/h6,8-9,14H,7H2,1-5H3,(H,15,17). The lowest BCUT2D eigenvalue weighted by Gasteiger charge is -2.20. The van der Waals surface area contributed by atoms with E-state index in [0.29, 0.717) is 12.6 Å². The van der Waals surface area contributed by atoms with Gasteiger partial charge in [0, 0.05) is 12.2 Å². The second kappa shape index (κ2) is 5.86. The maximum absolute atomic E-state index is 11.4. The second-order valence-electron chi connectivity index (χ2n) is 5.37. The summed E-state index contributed by atoms with van der Waals surface area (Å²) in [7, 11) is 0. The van der Waals surface area contributed by atoms with Crippen molar-refractivity contribution in [2.24, 2.45) is 0 Å². The van der Waals surface area contributed by atoms with Crippen molar-refractivity contribution in [2.75, 3.05) is 0 Å². The molecule has 0 atom stereocenters. The van der Waals surface area contributed by atoms with Crippen molar-refractivity contribution in [1.29, 1.82) is 0 Å². The van der Waals surface area contributed by atoms with E-state index in [2.05, 4.69) is 29.7 Å². The number of rotatable bonds is 4. The Bertz CT molecular complexity index is 393. The van der Waals surface area contributed by atoms with Crippen LogP contribution in [0.15, 0.2) is 12.5 Å². The zero-order valence-electron chi connectivity index (χ0n) is 11.7. The van der Waals surface area contributed by atoms with Crippen LogP contribution in [-0.4, -0.2) is 21.2 Å². The number of hydrazine groups is 1. The Morgan fingerprint density at radius 3 is 2.72 bits per heavy atom. The fourth-order valence-electron chi connectivity index (χ4n) is 1.44. The number of carbonyl (C=O) groups is 1. The van der Waals surface area contributed by atoms with Crippen LogP contribution >= 0.6 is 0 Å². The highest BCUT2D eigenvalue weighted by atomic mass is 16.6. The SMILES string of the molecule is CC(C)n1cncc1CNNC(=O)OC(C)(C)C. The largest absolute Gasteiger partial charge is 0.443 e. The number of nitrogens with zero attached hydrogens (tertiary/aromatic N) is 2. The van der Waals surface area contributed by atoms with Crippen LogP contribution in [0.3, 0.4) is 0 Å². The fourth-order valence-corrected chi connectivity index (χ4v) is 1.44. The summed E-state index contributed by atoms with van der Waals surface area (Å²) in [5, 5.41) is 0. The van der Waals surface area contributed by atoms with Gasteiger partial charge in [-0.25, -0.2) is 15.2 Å². The lowest BCUT2D eigenvalue weighted by Crippen LogP contribution is -2.41. The molecule has 0 fully saturated rings. The van der Waals surface area contributed by atoms with E-state index in [9.17, 15) is 4.79 Å². The minimum atomic E-state index is -0.495. The Balaban J connectivity index is 2.38. The topological polar surface area (TPSA) is 68.2 Å². The third-order valence-corrected chi connectivity index (χ3v) is 2.16. The first-order valence-corrected chi connectivity index (χ1v) is 6.02. The third-order valence-electron chi connectivity index (χ3n) is 2.16. The molecule has 0 unspecified atom stereocenters. The van der Waals surface area contributed by atoms with Crippen molar-refractivity contribution >= 4 is 6.09 Å². The van der Waals surface area contributed by atoms with Gasteiger partial charge in [0.2, 0.25) is 0 Å². The Hall–Kier alpha value is -1.56. The zero-order chi connectivity index (χ0) is 13.8. The summed E-state index contributed by atoms with van der Waals surface area (Å²) in [6.45, 7) is 10.1. The number of carbonyl (C=O) groups excluding carboxylic acids is 1. The van der Waals surface area contributed by atoms with Crippen molar-refractivity contribution in [3.8, 4) is 0 Å². The highest BCUT2D eigenvalue weighted by molar-refractivity contribution is 5.66. The van der Waals surface area contributed by atoms with Crippen LogP contribution in [0.2, 0.25) is 0 Å². The molecule has 0 aromatic carbocycles. The van der Waals surface area contributed by atoms with Gasteiger partial charge < -0.3 is 9.30 Å². The van der Waals surface area contributed by atoms with Gasteiger partial charge in [-0.15, -0.1) is 0 Å². The summed E-state index contributed by atoms with van der Waals surface area (Å²) >= 11 is 0. The molecule has 0 saturated carbocycles. The molecule has 0 bridgehead atoms. The summed E-state index contributed by atoms with van der Waals surface area (Å²) in [5.74, 6) is 0. The number of ether oxygens (including phenoxy) is 1. The minimum absolute atomic E-state index is 0.339. The molecular weight excluding hydrogens is 232 g/mol. The highest BCUT2D eigenvalue weighted by Crippen LogP contribution is 2.08. The van der Waals surface area contributed by atoms with Crippen molar-refractivity contribution in [3.63, 3.8) is 0 Å². The molecule has 0 radical (unpaired) electrons. The van der Waals surface area contributed by atoms with Gasteiger partial charge in [-0.2, -0.15) is 0 Å². The van der Waals surface area contributed by atoms with Gasteiger partial charge in [0.05, 0.1) is 18.6 Å². The van der Waals surface area contributed by atoms with E-state index in [0.717, 1.165) is 5.69 Å². The molecule has 2 N–H and O–H groups in total. The molecule has 1 aromatic rings. The minimum Gasteiger partial charge on any atom is -0.443 e. The van der Waals surface area contributed by atoms with E-state index in [1.807, 2.05) is 25.3 Å². The van der Waals surface area contributed by atoms with Crippen molar-refractivity contribution in [2.45, 2.75) is 52.8 Å². The Morgan fingerprint density at radius 2 is 2.17 bits per heavy atom. The molecular formula is C12H22N4O2. The molecule has 0 aliphatic carbocycles. The van der Waals surface area contributed by atoms with E-state index in [4.69, 9.17) is 4.74 Å². The van der Waals surface area contributed by atoms with Crippen LogP contribution in [0.1, 0.15) is 46.4 Å². The summed E-state index contributed by atoms with van der Waals surface area (Å²) in [6.07, 6.45) is 3.05. The lowest BCUT2D eigenvalue weighted by molar-refractivity contribution is 0.0496. The molecule has 0 spiro atoms. The Morgan fingerprint density at radius 1 is 1.50 bits per heavy atom. The highest BCUT2D eigenvalue weighted by Gasteiger charge is 2.15. The number of nitrogens with one attached hydrogen (secondary N) is 2. The maximum atomic E-state index is 11.4. The molecule has 18 heavy (non-hydrogen) atoms. The number of hydrogen-bond acceptors (Lipinski definition) is 4. The molecule has 0 aliphatic heterocycles. The van der Waals surface area contributed by atoms with Crippen LogP contribution in [-0.2, 0) is 11.3 Å². The second-order valence-corrected chi connectivity index (χ2v) is 5.37. The van der Waals surface area contributed by atoms with Gasteiger partial charge in [0.1, 0.15) is 5.60 Å². The quantitative estimate of drug-likeness (QED) is 0.806. The van der Waals surface area contributed by atoms with Gasteiger partial charge in [0.15, 0.2) is 0 Å². The van der Waals surface area contributed by atoms with Crippen LogP contribution in [0.25, 0.3) is 0 Å². The number of aromatic nitrogens is 2. The van der Waals surface area contributed by atoms with E-state index in [1.54, 1.807) is 12.5 Å². The van der Waals surface area contributed by atoms with Crippen LogP contribution in [0.4, 0.5) is 4.79 Å². The van der Waals surface area contributed by atoms with Crippen LogP contribution in [0.5, 0.6) is 0 Å². The third kappa shape index (κ3) is 4.75. The first-order valence-electron chi connectivity index (χ1n) is 6.02. The summed E-state index contributed by atoms with van der Waals surface area (Å²) < 4.78 is 7.13. The van der Waals surface area contributed by atoms with Gasteiger partial charge >= 0.3 is 6.09 Å². The summed E-state index contributed by atoms with van der Waals surface area (Å²) in [6, 6.07) is 0.339. The molecule has 6 heteroatoms. The first-order chi connectivity index (χ1) is 8.29. The molecule has 1 amide bonds. The molecule has 1 heterocycles. The van der Waals surface area contributed by atoms with Crippen LogP contribution < -0.4 is 10.9 Å². The predicted molar refractivity (Wildman–Crippen MR) is 68.8 cm³/mol. The molecule has 102 valence electrons. The van der Waals surface area contributed by atoms with Gasteiger partial charge in [-0.3, -0.25) is 5.43 Å². The summed E-state index contributed by atoms with van der Waals surface area (Å²) in [5.41, 5.74) is 5.82. The van der Waals surface area contributed by atoms with Gasteiger partial charge in [-0.1, -0.05) is 0 Å². The maximum Gasteiger partial charge on any atom is 0.422 e. The molecule has 1 rings (SSSR count). The smallest absolute Gasteiger partial charge is 0.422 e. The van der Waals surface area contributed by atoms with Gasteiger partial charge in [0.25, 0.3) is 0 Å². The zero-order valence-corrected chi connectivity index (χ0v) is 11.7. The van der Waals surface area contributed by atoms with Crippen LogP contribution in [0, 0.1) is 0 Å². The molecule has 0 aliphatic rings. The van der Waals surface area contributed by atoms with E-state index >= 15 is 0 Å². The number of amides is 1. The first kappa shape index (κ1) is 14.5. The fraction of sp³-hybridized carbons (Fsp3) is 0.667. The Kier molecular flexibility index (Phi) is 4.72. The average Bonchev–Trinajstić information content (AvgIpc) is 2.62. The Labute approximate surface area is 108 Å². The van der Waals surface area contributed by atoms with E-state index in [-0.39, 0.29) is 0 Å². The summed E-state index contributed by atoms with van der Waals surface area (Å²) in [4.78, 5) is 15.5. The van der Waals surface area contributed by atoms with E-state index < -0.39 is 11.7 Å².